The molecule has 0 radical (unpaired) electrons. The molecular weight excluding hydrogens is 264 g/mol. The molecule has 0 aliphatic carbocycles. The van der Waals surface area contributed by atoms with Crippen molar-refractivity contribution in [1.29, 1.82) is 0 Å². The van der Waals surface area contributed by atoms with Crippen molar-refractivity contribution in [3.8, 4) is 0 Å². The first-order valence-corrected chi connectivity index (χ1v) is 7.10. The minimum absolute atomic E-state index is 0.0236. The quantitative estimate of drug-likeness (QED) is 0.752. The number of hydrogen-bond donors (Lipinski definition) is 0. The van der Waals surface area contributed by atoms with Gasteiger partial charge in [0.15, 0.2) is 5.69 Å². The molecule has 0 aliphatic heterocycles. The summed E-state index contributed by atoms with van der Waals surface area (Å²) in [6.07, 6.45) is 0.953. The van der Waals surface area contributed by atoms with Gasteiger partial charge in [-0.15, -0.1) is 11.3 Å². The minimum Gasteiger partial charge on any atom is -0.464 e. The first-order valence-electron chi connectivity index (χ1n) is 6.22. The maximum atomic E-state index is 11.6. The topological polar surface area (TPSA) is 59.5 Å². The lowest BCUT2D eigenvalue weighted by Crippen LogP contribution is -2.30. The van der Waals surface area contributed by atoms with E-state index in [1.54, 1.807) is 17.2 Å². The third kappa shape index (κ3) is 4.98. The molecule has 1 aromatic rings. The van der Waals surface area contributed by atoms with E-state index in [-0.39, 0.29) is 5.91 Å². The van der Waals surface area contributed by atoms with Gasteiger partial charge < -0.3 is 9.64 Å². The van der Waals surface area contributed by atoms with Crippen molar-refractivity contribution < 1.29 is 14.3 Å². The summed E-state index contributed by atoms with van der Waals surface area (Å²) in [5.74, 6) is 0.123. The van der Waals surface area contributed by atoms with E-state index in [9.17, 15) is 9.59 Å². The Morgan fingerprint density at radius 3 is 2.68 bits per heavy atom. The van der Waals surface area contributed by atoms with E-state index in [2.05, 4.69) is 23.6 Å². The van der Waals surface area contributed by atoms with Crippen LogP contribution in [0.4, 0.5) is 0 Å². The predicted octanol–water partition coefficient (Wildman–Crippen LogP) is 2.32. The van der Waals surface area contributed by atoms with Gasteiger partial charge in [-0.25, -0.2) is 9.78 Å². The number of carbonyl (C=O) groups is 2. The molecular formula is C13H20N2O3S. The van der Waals surface area contributed by atoms with Crippen LogP contribution in [0.25, 0.3) is 0 Å². The highest BCUT2D eigenvalue weighted by molar-refractivity contribution is 7.09. The van der Waals surface area contributed by atoms with E-state index >= 15 is 0 Å². The lowest BCUT2D eigenvalue weighted by molar-refractivity contribution is -0.129. The molecule has 0 aliphatic rings. The van der Waals surface area contributed by atoms with E-state index in [1.807, 2.05) is 0 Å². The molecule has 1 aromatic heterocycles. The van der Waals surface area contributed by atoms with E-state index in [1.165, 1.54) is 18.4 Å². The molecule has 0 unspecified atom stereocenters. The van der Waals surface area contributed by atoms with Crippen LogP contribution in [0.1, 0.15) is 42.7 Å². The first-order chi connectivity index (χ1) is 8.93. The van der Waals surface area contributed by atoms with Gasteiger partial charge in [0.05, 0.1) is 13.7 Å². The van der Waals surface area contributed by atoms with Gasteiger partial charge in [-0.1, -0.05) is 13.8 Å². The average Bonchev–Trinajstić information content (AvgIpc) is 2.81. The summed E-state index contributed by atoms with van der Waals surface area (Å²) in [7, 11) is 1.33. The average molecular weight is 284 g/mol. The number of ether oxygens (including phenoxy) is 1. The van der Waals surface area contributed by atoms with Crippen molar-refractivity contribution in [1.82, 2.24) is 9.88 Å². The van der Waals surface area contributed by atoms with Crippen LogP contribution in [0.5, 0.6) is 0 Å². The van der Waals surface area contributed by atoms with E-state index < -0.39 is 5.97 Å². The van der Waals surface area contributed by atoms with Crippen molar-refractivity contribution in [2.45, 2.75) is 33.7 Å². The van der Waals surface area contributed by atoms with Gasteiger partial charge in [0, 0.05) is 18.8 Å². The standard InChI is InChI=1S/C13H20N2O3S/c1-9(2)5-6-15(10(3)16)7-12-14-11(8-19-12)13(17)18-4/h8-9H,5-7H2,1-4H3. The van der Waals surface area contributed by atoms with Gasteiger partial charge >= 0.3 is 5.97 Å². The lowest BCUT2D eigenvalue weighted by atomic mass is 10.1. The fourth-order valence-electron chi connectivity index (χ4n) is 1.51. The van der Waals surface area contributed by atoms with Crippen LogP contribution < -0.4 is 0 Å². The molecule has 106 valence electrons. The summed E-state index contributed by atoms with van der Waals surface area (Å²) < 4.78 is 4.61. The Bertz CT molecular complexity index is 443. The van der Waals surface area contributed by atoms with Crippen LogP contribution >= 0.6 is 11.3 Å². The first kappa shape index (κ1) is 15.6. The Morgan fingerprint density at radius 1 is 1.47 bits per heavy atom. The minimum atomic E-state index is -0.445. The van der Waals surface area contributed by atoms with Gasteiger partial charge in [-0.05, 0) is 12.3 Å². The fourth-order valence-corrected chi connectivity index (χ4v) is 2.29. The summed E-state index contributed by atoms with van der Waals surface area (Å²) in [6, 6.07) is 0. The molecule has 0 saturated carbocycles. The number of aromatic nitrogens is 1. The van der Waals surface area contributed by atoms with Crippen LogP contribution in [0.3, 0.4) is 0 Å². The van der Waals surface area contributed by atoms with Crippen molar-refractivity contribution in [3.63, 3.8) is 0 Å². The number of methoxy groups -OCH3 is 1. The highest BCUT2D eigenvalue weighted by Crippen LogP contribution is 2.14. The van der Waals surface area contributed by atoms with E-state index in [0.29, 0.717) is 24.7 Å². The number of carbonyl (C=O) groups excluding carboxylic acids is 2. The highest BCUT2D eigenvalue weighted by atomic mass is 32.1. The summed E-state index contributed by atoms with van der Waals surface area (Å²) in [6.45, 7) is 6.95. The summed E-state index contributed by atoms with van der Waals surface area (Å²) in [5, 5.41) is 2.40. The number of rotatable bonds is 6. The zero-order chi connectivity index (χ0) is 14.4. The molecule has 0 aromatic carbocycles. The summed E-state index contributed by atoms with van der Waals surface area (Å²) in [4.78, 5) is 28.8. The molecule has 1 heterocycles. The third-order valence-electron chi connectivity index (χ3n) is 2.69. The van der Waals surface area contributed by atoms with Crippen molar-refractivity contribution in [2.75, 3.05) is 13.7 Å². The number of nitrogens with zero attached hydrogens (tertiary/aromatic N) is 2. The normalized spacial score (nSPS) is 10.6. The monoisotopic (exact) mass is 284 g/mol. The maximum absolute atomic E-state index is 11.6. The number of esters is 1. The molecule has 0 spiro atoms. The summed E-state index contributed by atoms with van der Waals surface area (Å²) >= 11 is 1.37. The number of thiazole rings is 1. The van der Waals surface area contributed by atoms with Crippen molar-refractivity contribution in [2.24, 2.45) is 5.92 Å². The second kappa shape index (κ2) is 7.23. The zero-order valence-corrected chi connectivity index (χ0v) is 12.6. The molecule has 0 atom stereocenters. The zero-order valence-electron chi connectivity index (χ0n) is 11.8. The number of hydrogen-bond acceptors (Lipinski definition) is 5. The Balaban J connectivity index is 2.66. The van der Waals surface area contributed by atoms with Crippen LogP contribution in [0.2, 0.25) is 0 Å². The Hall–Kier alpha value is -1.43. The smallest absolute Gasteiger partial charge is 0.357 e. The van der Waals surface area contributed by atoms with Crippen LogP contribution in [0, 0.1) is 5.92 Å². The Kier molecular flexibility index (Phi) is 5.95. The maximum Gasteiger partial charge on any atom is 0.357 e. The summed E-state index contributed by atoms with van der Waals surface area (Å²) in [5.41, 5.74) is 0.301. The molecule has 0 bridgehead atoms. The van der Waals surface area contributed by atoms with Crippen molar-refractivity contribution >= 4 is 23.2 Å². The van der Waals surface area contributed by atoms with E-state index in [0.717, 1.165) is 11.4 Å². The Labute approximate surface area is 117 Å². The SMILES string of the molecule is COC(=O)c1csc(CN(CCC(C)C)C(C)=O)n1. The second-order valence-electron chi connectivity index (χ2n) is 4.74. The molecule has 19 heavy (non-hydrogen) atoms. The van der Waals surface area contributed by atoms with Gasteiger partial charge in [-0.3, -0.25) is 4.79 Å². The molecule has 1 amide bonds. The largest absolute Gasteiger partial charge is 0.464 e. The van der Waals surface area contributed by atoms with Crippen LogP contribution in [-0.2, 0) is 16.1 Å². The third-order valence-corrected chi connectivity index (χ3v) is 3.53. The van der Waals surface area contributed by atoms with E-state index in [4.69, 9.17) is 0 Å². The van der Waals surface area contributed by atoms with Crippen LogP contribution in [-0.4, -0.2) is 35.4 Å². The molecule has 5 nitrogen and oxygen atoms in total. The molecule has 1 rings (SSSR count). The van der Waals surface area contributed by atoms with Crippen molar-refractivity contribution in [3.05, 3.63) is 16.1 Å². The molecule has 0 saturated heterocycles. The van der Waals surface area contributed by atoms with Gasteiger partial charge in [0.25, 0.3) is 0 Å². The van der Waals surface area contributed by atoms with Gasteiger partial charge in [0.2, 0.25) is 5.91 Å². The van der Waals surface area contributed by atoms with Gasteiger partial charge in [-0.2, -0.15) is 0 Å². The highest BCUT2D eigenvalue weighted by Gasteiger charge is 2.15. The molecule has 0 fully saturated rings. The molecule has 0 N–H and O–H groups in total. The fraction of sp³-hybridized carbons (Fsp3) is 0.615. The molecule has 6 heteroatoms. The Morgan fingerprint density at radius 2 is 2.16 bits per heavy atom. The van der Waals surface area contributed by atoms with Gasteiger partial charge in [0.1, 0.15) is 5.01 Å². The van der Waals surface area contributed by atoms with Crippen LogP contribution in [0.15, 0.2) is 5.38 Å². The predicted molar refractivity (Wildman–Crippen MR) is 74.0 cm³/mol. The lowest BCUT2D eigenvalue weighted by Gasteiger charge is -2.20. The number of amides is 1. The second-order valence-corrected chi connectivity index (χ2v) is 5.68.